The number of anilines is 1. The maximum atomic E-state index is 12.5. The standard InChI is InChI=1S/C18H16N2OS2/c1-12-16(23-18(19-12)13-6-4-3-5-7-13)17(21)20-14-8-10-15(22-2)11-9-14/h3-11H,1-2H3,(H,20,21). The van der Waals surface area contributed by atoms with Gasteiger partial charge in [0, 0.05) is 16.1 Å². The Labute approximate surface area is 143 Å². The molecule has 3 nitrogen and oxygen atoms in total. The zero-order chi connectivity index (χ0) is 16.2. The normalized spacial score (nSPS) is 10.5. The van der Waals surface area contributed by atoms with Gasteiger partial charge in [-0.3, -0.25) is 4.79 Å². The Morgan fingerprint density at radius 2 is 1.78 bits per heavy atom. The molecule has 1 heterocycles. The number of hydrogen-bond acceptors (Lipinski definition) is 4. The van der Waals surface area contributed by atoms with Crippen molar-refractivity contribution in [3.8, 4) is 10.6 Å². The van der Waals surface area contributed by atoms with Gasteiger partial charge in [0.05, 0.1) is 5.69 Å². The maximum Gasteiger partial charge on any atom is 0.267 e. The van der Waals surface area contributed by atoms with Crippen LogP contribution in [0, 0.1) is 6.92 Å². The van der Waals surface area contributed by atoms with Crippen molar-refractivity contribution in [3.05, 3.63) is 65.2 Å². The van der Waals surface area contributed by atoms with E-state index in [1.807, 2.05) is 67.8 Å². The molecule has 116 valence electrons. The van der Waals surface area contributed by atoms with Gasteiger partial charge in [0.1, 0.15) is 9.88 Å². The second kappa shape index (κ2) is 6.98. The van der Waals surface area contributed by atoms with E-state index in [0.717, 1.165) is 22.0 Å². The minimum absolute atomic E-state index is 0.112. The quantitative estimate of drug-likeness (QED) is 0.672. The van der Waals surface area contributed by atoms with E-state index < -0.39 is 0 Å². The Balaban J connectivity index is 1.81. The number of rotatable bonds is 4. The number of aromatic nitrogens is 1. The fourth-order valence-electron chi connectivity index (χ4n) is 2.17. The van der Waals surface area contributed by atoms with Crippen LogP contribution in [0.2, 0.25) is 0 Å². The summed E-state index contributed by atoms with van der Waals surface area (Å²) in [5, 5.41) is 3.80. The third-order valence-electron chi connectivity index (χ3n) is 3.37. The number of benzene rings is 2. The zero-order valence-electron chi connectivity index (χ0n) is 12.9. The molecule has 0 bridgehead atoms. The van der Waals surface area contributed by atoms with Crippen LogP contribution in [0.15, 0.2) is 59.5 Å². The first kappa shape index (κ1) is 15.8. The predicted octanol–water partition coefficient (Wildman–Crippen LogP) is 5.09. The topological polar surface area (TPSA) is 42.0 Å². The van der Waals surface area contributed by atoms with Gasteiger partial charge in [-0.1, -0.05) is 30.3 Å². The van der Waals surface area contributed by atoms with Crippen LogP contribution < -0.4 is 5.32 Å². The number of carbonyl (C=O) groups excluding carboxylic acids is 1. The van der Waals surface area contributed by atoms with Gasteiger partial charge in [-0.25, -0.2) is 4.98 Å². The molecule has 0 aliphatic heterocycles. The van der Waals surface area contributed by atoms with E-state index >= 15 is 0 Å². The molecule has 0 aliphatic carbocycles. The first-order chi connectivity index (χ1) is 11.2. The fraction of sp³-hybridized carbons (Fsp3) is 0.111. The van der Waals surface area contributed by atoms with Crippen molar-refractivity contribution in [1.82, 2.24) is 4.98 Å². The molecule has 5 heteroatoms. The van der Waals surface area contributed by atoms with Gasteiger partial charge in [-0.15, -0.1) is 23.1 Å². The Morgan fingerprint density at radius 3 is 2.43 bits per heavy atom. The van der Waals surface area contributed by atoms with Crippen molar-refractivity contribution < 1.29 is 4.79 Å². The van der Waals surface area contributed by atoms with Gasteiger partial charge in [0.2, 0.25) is 0 Å². The molecular weight excluding hydrogens is 324 g/mol. The van der Waals surface area contributed by atoms with E-state index in [0.29, 0.717) is 4.88 Å². The molecule has 3 aromatic rings. The van der Waals surface area contributed by atoms with Crippen molar-refractivity contribution in [2.24, 2.45) is 0 Å². The third-order valence-corrected chi connectivity index (χ3v) is 5.32. The third kappa shape index (κ3) is 3.63. The van der Waals surface area contributed by atoms with Crippen LogP contribution in [0.4, 0.5) is 5.69 Å². The summed E-state index contributed by atoms with van der Waals surface area (Å²) in [6.07, 6.45) is 2.03. The lowest BCUT2D eigenvalue weighted by Crippen LogP contribution is -2.11. The van der Waals surface area contributed by atoms with E-state index in [1.54, 1.807) is 11.8 Å². The minimum atomic E-state index is -0.112. The molecule has 2 aromatic carbocycles. The second-order valence-electron chi connectivity index (χ2n) is 4.98. The minimum Gasteiger partial charge on any atom is -0.321 e. The van der Waals surface area contributed by atoms with E-state index in [1.165, 1.54) is 16.2 Å². The van der Waals surface area contributed by atoms with E-state index in [4.69, 9.17) is 0 Å². The molecule has 23 heavy (non-hydrogen) atoms. The summed E-state index contributed by atoms with van der Waals surface area (Å²) < 4.78 is 0. The van der Waals surface area contributed by atoms with Crippen molar-refractivity contribution >= 4 is 34.7 Å². The molecule has 1 aromatic heterocycles. The molecule has 1 amide bonds. The zero-order valence-corrected chi connectivity index (χ0v) is 14.5. The fourth-order valence-corrected chi connectivity index (χ4v) is 3.55. The van der Waals surface area contributed by atoms with Crippen LogP contribution in [0.3, 0.4) is 0 Å². The Bertz CT molecular complexity index is 811. The molecule has 0 aliphatic rings. The highest BCUT2D eigenvalue weighted by Gasteiger charge is 2.16. The lowest BCUT2D eigenvalue weighted by atomic mass is 10.2. The molecule has 0 saturated carbocycles. The van der Waals surface area contributed by atoms with Gasteiger partial charge in [0.15, 0.2) is 0 Å². The number of nitrogens with one attached hydrogen (secondary N) is 1. The SMILES string of the molecule is CSc1ccc(NC(=O)c2sc(-c3ccccc3)nc2C)cc1. The highest BCUT2D eigenvalue weighted by molar-refractivity contribution is 7.98. The summed E-state index contributed by atoms with van der Waals surface area (Å²) >= 11 is 3.10. The summed E-state index contributed by atoms with van der Waals surface area (Å²) in [6, 6.07) is 17.7. The van der Waals surface area contributed by atoms with Gasteiger partial charge in [-0.05, 0) is 37.4 Å². The summed E-state index contributed by atoms with van der Waals surface area (Å²) in [5.41, 5.74) is 2.58. The van der Waals surface area contributed by atoms with Crippen LogP contribution in [0.25, 0.3) is 10.6 Å². The second-order valence-corrected chi connectivity index (χ2v) is 6.86. The molecule has 0 spiro atoms. The van der Waals surface area contributed by atoms with Crippen LogP contribution in [0.5, 0.6) is 0 Å². The largest absolute Gasteiger partial charge is 0.321 e. The van der Waals surface area contributed by atoms with Gasteiger partial charge in [0.25, 0.3) is 5.91 Å². The van der Waals surface area contributed by atoms with Crippen LogP contribution in [-0.2, 0) is 0 Å². The van der Waals surface area contributed by atoms with Crippen molar-refractivity contribution in [2.75, 3.05) is 11.6 Å². The smallest absolute Gasteiger partial charge is 0.267 e. The molecule has 3 rings (SSSR count). The average molecular weight is 340 g/mol. The number of thioether (sulfide) groups is 1. The average Bonchev–Trinajstić information content (AvgIpc) is 2.98. The molecule has 0 fully saturated rings. The summed E-state index contributed by atoms with van der Waals surface area (Å²) in [4.78, 5) is 18.8. The van der Waals surface area contributed by atoms with E-state index in [9.17, 15) is 4.79 Å². The molecule has 1 N–H and O–H groups in total. The maximum absolute atomic E-state index is 12.5. The number of hydrogen-bond donors (Lipinski definition) is 1. The first-order valence-corrected chi connectivity index (χ1v) is 9.20. The van der Waals surface area contributed by atoms with Gasteiger partial charge >= 0.3 is 0 Å². The van der Waals surface area contributed by atoms with Crippen LogP contribution in [-0.4, -0.2) is 17.1 Å². The number of aryl methyl sites for hydroxylation is 1. The highest BCUT2D eigenvalue weighted by atomic mass is 32.2. The monoisotopic (exact) mass is 340 g/mol. The number of thiazole rings is 1. The lowest BCUT2D eigenvalue weighted by Gasteiger charge is -2.04. The van der Waals surface area contributed by atoms with Gasteiger partial charge in [-0.2, -0.15) is 0 Å². The van der Waals surface area contributed by atoms with Crippen molar-refractivity contribution in [2.45, 2.75) is 11.8 Å². The number of nitrogens with zero attached hydrogens (tertiary/aromatic N) is 1. The summed E-state index contributed by atoms with van der Waals surface area (Å²) in [5.74, 6) is -0.112. The van der Waals surface area contributed by atoms with Crippen LogP contribution in [0.1, 0.15) is 15.4 Å². The molecular formula is C18H16N2OS2. The Hall–Kier alpha value is -2.11. The molecule has 0 atom stereocenters. The highest BCUT2D eigenvalue weighted by Crippen LogP contribution is 2.28. The van der Waals surface area contributed by atoms with Crippen molar-refractivity contribution in [1.29, 1.82) is 0 Å². The van der Waals surface area contributed by atoms with Gasteiger partial charge < -0.3 is 5.32 Å². The van der Waals surface area contributed by atoms with E-state index in [-0.39, 0.29) is 5.91 Å². The lowest BCUT2D eigenvalue weighted by molar-refractivity contribution is 0.103. The van der Waals surface area contributed by atoms with Crippen molar-refractivity contribution in [3.63, 3.8) is 0 Å². The molecule has 0 saturated heterocycles. The predicted molar refractivity (Wildman–Crippen MR) is 98.5 cm³/mol. The first-order valence-electron chi connectivity index (χ1n) is 7.15. The van der Waals surface area contributed by atoms with E-state index in [2.05, 4.69) is 10.3 Å². The number of carbonyl (C=O) groups is 1. The summed E-state index contributed by atoms with van der Waals surface area (Å²) in [7, 11) is 0. The number of amides is 1. The molecule has 0 unspecified atom stereocenters. The van der Waals surface area contributed by atoms with Crippen LogP contribution >= 0.6 is 23.1 Å². The molecule has 0 radical (unpaired) electrons. The Kier molecular flexibility index (Phi) is 4.79. The summed E-state index contributed by atoms with van der Waals surface area (Å²) in [6.45, 7) is 1.87. The Morgan fingerprint density at radius 1 is 1.09 bits per heavy atom.